The second-order valence-electron chi connectivity index (χ2n) is 6.45. The quantitative estimate of drug-likeness (QED) is 0.730. The van der Waals surface area contributed by atoms with Gasteiger partial charge in [-0.2, -0.15) is 0 Å². The van der Waals surface area contributed by atoms with Crippen molar-refractivity contribution < 1.29 is 17.9 Å². The summed E-state index contributed by atoms with van der Waals surface area (Å²) in [5.74, 6) is -0.198. The summed E-state index contributed by atoms with van der Waals surface area (Å²) >= 11 is 3.32. The molecule has 1 atom stereocenters. The van der Waals surface area contributed by atoms with Crippen LogP contribution < -0.4 is 9.62 Å². The zero-order valence-electron chi connectivity index (χ0n) is 15.1. The summed E-state index contributed by atoms with van der Waals surface area (Å²) < 4.78 is 33.2. The van der Waals surface area contributed by atoms with E-state index < -0.39 is 10.0 Å². The lowest BCUT2D eigenvalue weighted by atomic mass is 10.1. The second kappa shape index (κ2) is 8.00. The summed E-state index contributed by atoms with van der Waals surface area (Å²) in [6, 6.07) is 11.6. The van der Waals surface area contributed by atoms with Gasteiger partial charge in [-0.1, -0.05) is 15.9 Å². The fourth-order valence-corrected chi connectivity index (χ4v) is 4.86. The highest BCUT2D eigenvalue weighted by molar-refractivity contribution is 9.10. The minimum atomic E-state index is -3.63. The first-order valence-corrected chi connectivity index (χ1v) is 10.8. The lowest BCUT2D eigenvalue weighted by molar-refractivity contribution is 0.0905. The molecule has 0 unspecified atom stereocenters. The fourth-order valence-electron chi connectivity index (χ4n) is 3.09. The maximum Gasteiger partial charge on any atom is 0.264 e. The number of sulfonamides is 1. The summed E-state index contributed by atoms with van der Waals surface area (Å²) in [7, 11) is -2.05. The maximum absolute atomic E-state index is 13.0. The molecule has 0 spiro atoms. The van der Waals surface area contributed by atoms with E-state index in [-0.39, 0.29) is 16.8 Å². The third kappa shape index (κ3) is 4.17. The van der Waals surface area contributed by atoms with Crippen LogP contribution in [0.15, 0.2) is 51.8 Å². The van der Waals surface area contributed by atoms with Crippen molar-refractivity contribution in [2.75, 3.05) is 24.6 Å². The predicted octanol–water partition coefficient (Wildman–Crippen LogP) is 2.97. The van der Waals surface area contributed by atoms with Crippen molar-refractivity contribution in [3.63, 3.8) is 0 Å². The van der Waals surface area contributed by atoms with E-state index in [1.807, 2.05) is 6.92 Å². The van der Waals surface area contributed by atoms with Gasteiger partial charge in [0.15, 0.2) is 0 Å². The first-order valence-electron chi connectivity index (χ1n) is 8.54. The summed E-state index contributed by atoms with van der Waals surface area (Å²) in [6.45, 7) is 2.65. The number of carbonyl (C=O) groups excluding carboxylic acids is 1. The molecule has 0 saturated heterocycles. The molecular weight excluding hydrogens is 432 g/mol. The van der Waals surface area contributed by atoms with E-state index in [9.17, 15) is 13.2 Å². The molecule has 0 fully saturated rings. The van der Waals surface area contributed by atoms with Gasteiger partial charge < -0.3 is 10.1 Å². The fraction of sp³-hybridized carbons (Fsp3) is 0.316. The van der Waals surface area contributed by atoms with Crippen LogP contribution in [-0.4, -0.2) is 40.6 Å². The van der Waals surface area contributed by atoms with Crippen LogP contribution in [-0.2, 0) is 21.2 Å². The summed E-state index contributed by atoms with van der Waals surface area (Å²) in [4.78, 5) is 12.6. The van der Waals surface area contributed by atoms with E-state index in [2.05, 4.69) is 21.2 Å². The zero-order chi connectivity index (χ0) is 19.6. The second-order valence-corrected chi connectivity index (χ2v) is 9.23. The molecule has 8 heteroatoms. The number of methoxy groups -OCH3 is 1. The molecule has 1 N–H and O–H groups in total. The Morgan fingerprint density at radius 3 is 2.63 bits per heavy atom. The smallest absolute Gasteiger partial charge is 0.264 e. The van der Waals surface area contributed by atoms with Crippen LogP contribution in [0.4, 0.5) is 5.69 Å². The summed E-state index contributed by atoms with van der Waals surface area (Å²) in [5.41, 5.74) is 1.99. The Labute approximate surface area is 167 Å². The summed E-state index contributed by atoms with van der Waals surface area (Å²) in [5, 5.41) is 2.86. The number of ether oxygens (including phenoxy) is 1. The molecule has 1 aliphatic heterocycles. The molecule has 1 aliphatic rings. The molecule has 0 saturated carbocycles. The van der Waals surface area contributed by atoms with Gasteiger partial charge in [0.05, 0.1) is 17.2 Å². The standard InChI is InChI=1S/C19H21BrN2O4S/c1-13(12-26-2)21-19(23)15-3-8-18-14(11-15)9-10-22(18)27(24,25)17-6-4-16(20)5-7-17/h3-8,11,13H,9-10,12H2,1-2H3,(H,21,23)/t13-/m1/s1. The maximum atomic E-state index is 13.0. The van der Waals surface area contributed by atoms with E-state index >= 15 is 0 Å². The first kappa shape index (κ1) is 19.9. The number of carbonyl (C=O) groups is 1. The average molecular weight is 453 g/mol. The van der Waals surface area contributed by atoms with Crippen molar-refractivity contribution >= 4 is 37.5 Å². The van der Waals surface area contributed by atoms with Crippen molar-refractivity contribution in [1.82, 2.24) is 5.32 Å². The highest BCUT2D eigenvalue weighted by atomic mass is 79.9. The first-order chi connectivity index (χ1) is 12.8. The molecule has 2 aromatic rings. The molecule has 27 heavy (non-hydrogen) atoms. The van der Waals surface area contributed by atoms with Gasteiger partial charge in [0.1, 0.15) is 0 Å². The third-order valence-corrected chi connectivity index (χ3v) is 6.75. The van der Waals surface area contributed by atoms with Crippen LogP contribution in [0.3, 0.4) is 0 Å². The monoisotopic (exact) mass is 452 g/mol. The number of halogens is 1. The minimum absolute atomic E-state index is 0.106. The SMILES string of the molecule is COC[C@@H](C)NC(=O)c1ccc2c(c1)CCN2S(=O)(=O)c1ccc(Br)cc1. The van der Waals surface area contributed by atoms with Gasteiger partial charge in [-0.15, -0.1) is 0 Å². The van der Waals surface area contributed by atoms with Crippen LogP contribution >= 0.6 is 15.9 Å². The third-order valence-electron chi connectivity index (χ3n) is 4.39. The number of nitrogens with zero attached hydrogens (tertiary/aromatic N) is 1. The normalized spacial score (nSPS) is 14.7. The highest BCUT2D eigenvalue weighted by Crippen LogP contribution is 2.33. The Kier molecular flexibility index (Phi) is 5.88. The lowest BCUT2D eigenvalue weighted by Crippen LogP contribution is -2.35. The average Bonchev–Trinajstić information content (AvgIpc) is 3.06. The number of amides is 1. The van der Waals surface area contributed by atoms with Gasteiger partial charge in [0.2, 0.25) is 0 Å². The van der Waals surface area contributed by atoms with Crippen molar-refractivity contribution in [2.24, 2.45) is 0 Å². The Morgan fingerprint density at radius 1 is 1.26 bits per heavy atom. The molecule has 0 radical (unpaired) electrons. The number of rotatable bonds is 6. The molecule has 3 rings (SSSR count). The molecule has 0 bridgehead atoms. The topological polar surface area (TPSA) is 75.7 Å². The number of hydrogen-bond donors (Lipinski definition) is 1. The Bertz CT molecular complexity index is 945. The summed E-state index contributed by atoms with van der Waals surface area (Å²) in [6.07, 6.45) is 0.569. The largest absolute Gasteiger partial charge is 0.383 e. The molecule has 6 nitrogen and oxygen atoms in total. The van der Waals surface area contributed by atoms with Crippen LogP contribution in [0.5, 0.6) is 0 Å². The Hall–Kier alpha value is -1.90. The van der Waals surface area contributed by atoms with Gasteiger partial charge in [-0.05, 0) is 61.4 Å². The molecule has 1 heterocycles. The van der Waals surface area contributed by atoms with E-state index in [1.165, 1.54) is 4.31 Å². The van der Waals surface area contributed by atoms with Crippen molar-refractivity contribution in [1.29, 1.82) is 0 Å². The van der Waals surface area contributed by atoms with Crippen molar-refractivity contribution in [3.8, 4) is 0 Å². The minimum Gasteiger partial charge on any atom is -0.383 e. The van der Waals surface area contributed by atoms with Gasteiger partial charge in [-0.3, -0.25) is 9.10 Å². The number of benzene rings is 2. The Morgan fingerprint density at radius 2 is 1.96 bits per heavy atom. The number of hydrogen-bond acceptors (Lipinski definition) is 4. The molecule has 0 aliphatic carbocycles. The van der Waals surface area contributed by atoms with Gasteiger partial charge in [0.25, 0.3) is 15.9 Å². The number of fused-ring (bicyclic) bond motifs is 1. The van der Waals surface area contributed by atoms with Crippen LogP contribution in [0.25, 0.3) is 0 Å². The van der Waals surface area contributed by atoms with Crippen molar-refractivity contribution in [2.45, 2.75) is 24.3 Å². The van der Waals surface area contributed by atoms with E-state index in [0.29, 0.717) is 30.8 Å². The molecule has 2 aromatic carbocycles. The molecule has 0 aromatic heterocycles. The van der Waals surface area contributed by atoms with Crippen molar-refractivity contribution in [3.05, 3.63) is 58.1 Å². The van der Waals surface area contributed by atoms with Crippen LogP contribution in [0.1, 0.15) is 22.8 Å². The van der Waals surface area contributed by atoms with E-state index in [0.717, 1.165) is 10.0 Å². The lowest BCUT2D eigenvalue weighted by Gasteiger charge is -2.20. The predicted molar refractivity (Wildman–Crippen MR) is 108 cm³/mol. The van der Waals surface area contributed by atoms with Crippen LogP contribution in [0, 0.1) is 0 Å². The zero-order valence-corrected chi connectivity index (χ0v) is 17.5. The van der Waals surface area contributed by atoms with Crippen LogP contribution in [0.2, 0.25) is 0 Å². The van der Waals surface area contributed by atoms with Gasteiger partial charge in [0, 0.05) is 29.7 Å². The number of anilines is 1. The molecular formula is C19H21BrN2O4S. The van der Waals surface area contributed by atoms with E-state index in [1.54, 1.807) is 49.6 Å². The van der Waals surface area contributed by atoms with Gasteiger partial charge >= 0.3 is 0 Å². The number of nitrogens with one attached hydrogen (secondary N) is 1. The Balaban J connectivity index is 1.84. The van der Waals surface area contributed by atoms with E-state index in [4.69, 9.17) is 4.74 Å². The molecule has 144 valence electrons. The molecule has 1 amide bonds. The highest BCUT2D eigenvalue weighted by Gasteiger charge is 2.31. The van der Waals surface area contributed by atoms with Gasteiger partial charge in [-0.25, -0.2) is 8.42 Å².